The van der Waals surface area contributed by atoms with Gasteiger partial charge in [0.15, 0.2) is 5.06 Å². The van der Waals surface area contributed by atoms with Crippen LogP contribution in [0.3, 0.4) is 0 Å². The van der Waals surface area contributed by atoms with Crippen LogP contribution in [-0.2, 0) is 17.6 Å². The van der Waals surface area contributed by atoms with Gasteiger partial charge in [-0.3, -0.25) is 9.59 Å². The van der Waals surface area contributed by atoms with E-state index in [1.165, 1.54) is 29.1 Å². The molecule has 0 radical (unpaired) electrons. The monoisotopic (exact) mass is 400 g/mol. The van der Waals surface area contributed by atoms with Crippen molar-refractivity contribution in [3.8, 4) is 21.3 Å². The molecule has 0 saturated carbocycles. The highest BCUT2D eigenvalue weighted by atomic mass is 32.1. The van der Waals surface area contributed by atoms with E-state index >= 15 is 0 Å². The number of amides is 2. The van der Waals surface area contributed by atoms with Crippen LogP contribution in [-0.4, -0.2) is 21.2 Å². The molecule has 0 unspecified atom stereocenters. The van der Waals surface area contributed by atoms with Gasteiger partial charge in [-0.2, -0.15) is 0 Å². The number of pyridine rings is 1. The average Bonchev–Trinajstić information content (AvgIpc) is 3.27. The van der Waals surface area contributed by atoms with Crippen LogP contribution in [0, 0.1) is 0 Å². The van der Waals surface area contributed by atoms with Crippen molar-refractivity contribution in [1.29, 1.82) is 0 Å². The Kier molecular flexibility index (Phi) is 4.63. The van der Waals surface area contributed by atoms with Gasteiger partial charge < -0.3 is 15.8 Å². The molecule has 0 bridgehead atoms. The molecule has 0 atom stereocenters. The number of nitrogens with zero attached hydrogens (tertiary/aromatic N) is 2. The number of thiophene rings is 1. The lowest BCUT2D eigenvalue weighted by molar-refractivity contribution is -0.115. The zero-order chi connectivity index (χ0) is 19.0. The molecule has 1 aliphatic rings. The van der Waals surface area contributed by atoms with E-state index < -0.39 is 5.91 Å². The topological polar surface area (TPSA) is 107 Å². The Labute approximate surface area is 163 Å². The van der Waals surface area contributed by atoms with Gasteiger partial charge in [-0.1, -0.05) is 18.3 Å². The number of hydrogen-bond acceptors (Lipinski definition) is 7. The molecule has 3 aromatic rings. The van der Waals surface area contributed by atoms with E-state index in [0.717, 1.165) is 34.4 Å². The molecule has 0 saturated heterocycles. The molecule has 7 nitrogen and oxygen atoms in total. The van der Waals surface area contributed by atoms with Crippen LogP contribution in [0.1, 0.15) is 34.1 Å². The van der Waals surface area contributed by atoms with Crippen molar-refractivity contribution < 1.29 is 14.3 Å². The number of primary amides is 1. The lowest BCUT2D eigenvalue weighted by atomic mass is 9.93. The molecular weight excluding hydrogens is 384 g/mol. The summed E-state index contributed by atoms with van der Waals surface area (Å²) in [7, 11) is 0. The summed E-state index contributed by atoms with van der Waals surface area (Å²) in [5.74, 6) is 0.424. The Morgan fingerprint density at radius 3 is 2.85 bits per heavy atom. The molecule has 138 valence electrons. The highest BCUT2D eigenvalue weighted by Gasteiger charge is 2.30. The molecule has 0 fully saturated rings. The SMILES string of the molecule is CCC(=O)Nc1ccc(Oc2sc(C(N)=O)c3c2-c2sncc2CC3)cn1. The van der Waals surface area contributed by atoms with Gasteiger partial charge in [-0.15, -0.1) is 0 Å². The Morgan fingerprint density at radius 2 is 2.15 bits per heavy atom. The van der Waals surface area contributed by atoms with Gasteiger partial charge in [0.1, 0.15) is 11.6 Å². The number of rotatable bonds is 5. The van der Waals surface area contributed by atoms with Crippen molar-refractivity contribution in [1.82, 2.24) is 9.36 Å². The summed E-state index contributed by atoms with van der Waals surface area (Å²) in [6, 6.07) is 3.40. The summed E-state index contributed by atoms with van der Waals surface area (Å²) in [5, 5.41) is 3.30. The molecule has 2 amide bonds. The quantitative estimate of drug-likeness (QED) is 0.680. The smallest absolute Gasteiger partial charge is 0.259 e. The number of ether oxygens (including phenoxy) is 1. The van der Waals surface area contributed by atoms with Crippen LogP contribution in [0.4, 0.5) is 5.82 Å². The number of hydrogen-bond donors (Lipinski definition) is 2. The molecule has 0 aliphatic heterocycles. The molecule has 4 rings (SSSR count). The third-order valence-electron chi connectivity index (χ3n) is 4.25. The third-order valence-corrected chi connectivity index (χ3v) is 6.23. The summed E-state index contributed by atoms with van der Waals surface area (Å²) in [6.45, 7) is 1.77. The van der Waals surface area contributed by atoms with Gasteiger partial charge in [0.2, 0.25) is 5.91 Å². The fourth-order valence-corrected chi connectivity index (χ4v) is 4.95. The van der Waals surface area contributed by atoms with E-state index in [-0.39, 0.29) is 5.91 Å². The van der Waals surface area contributed by atoms with Crippen LogP contribution < -0.4 is 15.8 Å². The van der Waals surface area contributed by atoms with Crippen LogP contribution >= 0.6 is 22.9 Å². The van der Waals surface area contributed by atoms with E-state index in [1.807, 2.05) is 6.20 Å². The Hall–Kier alpha value is -2.78. The summed E-state index contributed by atoms with van der Waals surface area (Å²) in [6.07, 6.45) is 5.36. The maximum atomic E-state index is 11.9. The number of anilines is 1. The largest absolute Gasteiger partial charge is 0.444 e. The van der Waals surface area contributed by atoms with E-state index in [0.29, 0.717) is 27.9 Å². The number of aryl methyl sites for hydroxylation is 1. The van der Waals surface area contributed by atoms with Crippen LogP contribution in [0.15, 0.2) is 24.5 Å². The summed E-state index contributed by atoms with van der Waals surface area (Å²) in [5.41, 5.74) is 8.56. The molecule has 9 heteroatoms. The van der Waals surface area contributed by atoms with Crippen LogP contribution in [0.2, 0.25) is 0 Å². The maximum Gasteiger partial charge on any atom is 0.259 e. The lowest BCUT2D eigenvalue weighted by Gasteiger charge is -2.14. The van der Waals surface area contributed by atoms with Crippen LogP contribution in [0.5, 0.6) is 10.8 Å². The molecule has 3 N–H and O–H groups in total. The van der Waals surface area contributed by atoms with Crippen LogP contribution in [0.25, 0.3) is 10.4 Å². The van der Waals surface area contributed by atoms with E-state index in [1.54, 1.807) is 19.1 Å². The van der Waals surface area contributed by atoms with Gasteiger partial charge in [0.05, 0.1) is 21.5 Å². The van der Waals surface area contributed by atoms with Gasteiger partial charge in [0.25, 0.3) is 5.91 Å². The number of carbonyl (C=O) groups excluding carboxylic acids is 2. The second kappa shape index (κ2) is 7.09. The zero-order valence-electron chi connectivity index (χ0n) is 14.4. The first-order valence-corrected chi connectivity index (χ1v) is 9.99. The van der Waals surface area contributed by atoms with E-state index in [2.05, 4.69) is 14.7 Å². The van der Waals surface area contributed by atoms with Crippen molar-refractivity contribution in [2.24, 2.45) is 5.73 Å². The van der Waals surface area contributed by atoms with Gasteiger partial charge in [-0.05, 0) is 47.6 Å². The lowest BCUT2D eigenvalue weighted by Crippen LogP contribution is -2.12. The first kappa shape index (κ1) is 17.6. The second-order valence-electron chi connectivity index (χ2n) is 6.00. The first-order chi connectivity index (χ1) is 13.1. The van der Waals surface area contributed by atoms with Crippen molar-refractivity contribution in [2.75, 3.05) is 5.32 Å². The number of nitrogens with one attached hydrogen (secondary N) is 1. The standard InChI is InChI=1S/C18H16N4O3S2/c1-2-13(23)22-12-6-4-10(8-20-12)25-18-14-11(16(26-18)17(19)24)5-3-9-7-21-27-15(9)14/h4,6-8H,2-3,5H2,1H3,(H2,19,24)(H,20,22,23). The molecule has 1 aliphatic carbocycles. The second-order valence-corrected chi connectivity index (χ2v) is 7.78. The predicted molar refractivity (Wildman–Crippen MR) is 105 cm³/mol. The minimum atomic E-state index is -0.449. The van der Waals surface area contributed by atoms with Gasteiger partial charge >= 0.3 is 0 Å². The normalized spacial score (nSPS) is 12.2. The van der Waals surface area contributed by atoms with E-state index in [4.69, 9.17) is 10.5 Å². The molecule has 27 heavy (non-hydrogen) atoms. The number of carbonyl (C=O) groups is 2. The molecule has 0 aromatic carbocycles. The minimum Gasteiger partial charge on any atom is -0.444 e. The van der Waals surface area contributed by atoms with Crippen molar-refractivity contribution in [2.45, 2.75) is 26.2 Å². The molecular formula is C18H16N4O3S2. The predicted octanol–water partition coefficient (Wildman–Crippen LogP) is 3.60. The number of nitrogens with two attached hydrogens (primary N) is 1. The van der Waals surface area contributed by atoms with Crippen molar-refractivity contribution in [3.63, 3.8) is 0 Å². The fourth-order valence-electron chi connectivity index (χ4n) is 2.94. The summed E-state index contributed by atoms with van der Waals surface area (Å²) >= 11 is 2.64. The highest BCUT2D eigenvalue weighted by molar-refractivity contribution is 7.17. The minimum absolute atomic E-state index is 0.104. The fraction of sp³-hybridized carbons (Fsp3) is 0.222. The maximum absolute atomic E-state index is 11.9. The third kappa shape index (κ3) is 3.31. The van der Waals surface area contributed by atoms with E-state index in [9.17, 15) is 9.59 Å². The molecule has 3 aromatic heterocycles. The Bertz CT molecular complexity index is 1020. The summed E-state index contributed by atoms with van der Waals surface area (Å²) < 4.78 is 10.3. The molecule has 0 spiro atoms. The number of aromatic nitrogens is 2. The molecule has 3 heterocycles. The first-order valence-electron chi connectivity index (χ1n) is 8.40. The zero-order valence-corrected chi connectivity index (χ0v) is 16.1. The van der Waals surface area contributed by atoms with Crippen molar-refractivity contribution in [3.05, 3.63) is 40.5 Å². The highest BCUT2D eigenvalue weighted by Crippen LogP contribution is 2.49. The van der Waals surface area contributed by atoms with Gasteiger partial charge in [0, 0.05) is 12.6 Å². The van der Waals surface area contributed by atoms with Gasteiger partial charge in [-0.25, -0.2) is 9.36 Å². The Morgan fingerprint density at radius 1 is 1.30 bits per heavy atom. The summed E-state index contributed by atoms with van der Waals surface area (Å²) in [4.78, 5) is 29.1. The Balaban J connectivity index is 1.67. The van der Waals surface area contributed by atoms with Crippen molar-refractivity contribution >= 4 is 40.5 Å². The average molecular weight is 400 g/mol. The number of fused-ring (bicyclic) bond motifs is 3.